The molecule has 4 heteroatoms. The summed E-state index contributed by atoms with van der Waals surface area (Å²) in [5.74, 6) is 0. The van der Waals surface area contributed by atoms with E-state index in [1.807, 2.05) is 0 Å². The molecule has 0 saturated heterocycles. The van der Waals surface area contributed by atoms with E-state index in [4.69, 9.17) is 11.6 Å². The largest absolute Gasteiger partial charge is 0.619 e. The first-order valence-corrected chi connectivity index (χ1v) is 3.41. The molecule has 0 unspecified atom stereocenters. The standard InChI is InChI=1S/C5H3BrClNO/c6-4-3-8(9)2-1-5(4)7/h1-3H. The van der Waals surface area contributed by atoms with E-state index < -0.39 is 0 Å². The van der Waals surface area contributed by atoms with Crippen molar-refractivity contribution >= 4 is 27.5 Å². The summed E-state index contributed by atoms with van der Waals surface area (Å²) in [6.07, 6.45) is 2.69. The minimum atomic E-state index is 0.544. The Hall–Kier alpha value is -0.280. The summed E-state index contributed by atoms with van der Waals surface area (Å²) in [6, 6.07) is 1.53. The Kier molecular flexibility index (Phi) is 1.93. The molecule has 1 rings (SSSR count). The van der Waals surface area contributed by atoms with Gasteiger partial charge in [-0.1, -0.05) is 11.6 Å². The molecule has 0 aliphatic heterocycles. The van der Waals surface area contributed by atoms with Crippen molar-refractivity contribution < 1.29 is 4.73 Å². The average molecular weight is 208 g/mol. The van der Waals surface area contributed by atoms with Crippen LogP contribution in [0.5, 0.6) is 0 Å². The van der Waals surface area contributed by atoms with Gasteiger partial charge in [-0.25, -0.2) is 0 Å². The Balaban J connectivity index is 3.17. The summed E-state index contributed by atoms with van der Waals surface area (Å²) in [7, 11) is 0. The third-order valence-electron chi connectivity index (χ3n) is 0.837. The molecule has 0 bridgehead atoms. The highest BCUT2D eigenvalue weighted by Crippen LogP contribution is 2.18. The van der Waals surface area contributed by atoms with Crippen LogP contribution in [0.4, 0.5) is 0 Å². The van der Waals surface area contributed by atoms with Crippen LogP contribution in [0, 0.1) is 5.21 Å². The molecule has 1 aromatic rings. The second-order valence-corrected chi connectivity index (χ2v) is 2.76. The molecule has 48 valence electrons. The quantitative estimate of drug-likeness (QED) is 0.471. The highest BCUT2D eigenvalue weighted by Gasteiger charge is 1.97. The van der Waals surface area contributed by atoms with E-state index in [9.17, 15) is 5.21 Å². The van der Waals surface area contributed by atoms with Crippen LogP contribution in [-0.2, 0) is 0 Å². The van der Waals surface area contributed by atoms with Crippen molar-refractivity contribution in [1.82, 2.24) is 0 Å². The van der Waals surface area contributed by atoms with Gasteiger partial charge in [0.05, 0.1) is 5.02 Å². The van der Waals surface area contributed by atoms with Gasteiger partial charge in [0.1, 0.15) is 4.47 Å². The number of halogens is 2. The molecule has 0 radical (unpaired) electrons. The molecule has 9 heavy (non-hydrogen) atoms. The molecule has 0 fully saturated rings. The van der Waals surface area contributed by atoms with E-state index >= 15 is 0 Å². The van der Waals surface area contributed by atoms with Crippen LogP contribution in [0.25, 0.3) is 0 Å². The average Bonchev–Trinajstić information content (AvgIpc) is 1.80. The third kappa shape index (κ3) is 1.56. The van der Waals surface area contributed by atoms with Crippen molar-refractivity contribution in [2.45, 2.75) is 0 Å². The van der Waals surface area contributed by atoms with Crippen molar-refractivity contribution in [3.63, 3.8) is 0 Å². The maximum absolute atomic E-state index is 10.5. The molecule has 0 N–H and O–H groups in total. The molecule has 0 atom stereocenters. The fourth-order valence-electron chi connectivity index (χ4n) is 0.435. The van der Waals surface area contributed by atoms with E-state index in [0.717, 1.165) is 0 Å². The lowest BCUT2D eigenvalue weighted by molar-refractivity contribution is -0.606. The van der Waals surface area contributed by atoms with Crippen LogP contribution in [0.1, 0.15) is 0 Å². The zero-order valence-electron chi connectivity index (χ0n) is 4.34. The molecule has 2 nitrogen and oxygen atoms in total. The molecule has 0 aliphatic rings. The lowest BCUT2D eigenvalue weighted by Gasteiger charge is -1.95. The highest BCUT2D eigenvalue weighted by molar-refractivity contribution is 9.10. The molecule has 0 aromatic carbocycles. The van der Waals surface area contributed by atoms with Gasteiger partial charge < -0.3 is 5.21 Å². The predicted octanol–water partition coefficient (Wildman–Crippen LogP) is 1.74. The van der Waals surface area contributed by atoms with Crippen LogP contribution in [0.3, 0.4) is 0 Å². The Morgan fingerprint density at radius 1 is 1.67 bits per heavy atom. The Morgan fingerprint density at radius 3 is 2.78 bits per heavy atom. The molecule has 1 aromatic heterocycles. The first kappa shape index (κ1) is 6.83. The summed E-state index contributed by atoms with van der Waals surface area (Å²) in [5.41, 5.74) is 0. The van der Waals surface area contributed by atoms with Crippen LogP contribution in [0.15, 0.2) is 22.9 Å². The predicted molar refractivity (Wildman–Crippen MR) is 38.1 cm³/mol. The topological polar surface area (TPSA) is 26.9 Å². The fourth-order valence-corrected chi connectivity index (χ4v) is 0.874. The van der Waals surface area contributed by atoms with Gasteiger partial charge in [-0.15, -0.1) is 0 Å². The molecule has 0 saturated carbocycles. The number of aromatic nitrogens is 1. The summed E-state index contributed by atoms with van der Waals surface area (Å²) in [6.45, 7) is 0. The van der Waals surface area contributed by atoms with Gasteiger partial charge in [-0.3, -0.25) is 0 Å². The summed E-state index contributed by atoms with van der Waals surface area (Å²) >= 11 is 8.67. The lowest BCUT2D eigenvalue weighted by atomic mass is 10.5. The van der Waals surface area contributed by atoms with E-state index in [2.05, 4.69) is 15.9 Å². The lowest BCUT2D eigenvalue weighted by Crippen LogP contribution is -2.23. The van der Waals surface area contributed by atoms with Crippen molar-refractivity contribution in [3.8, 4) is 0 Å². The number of pyridine rings is 1. The Labute approximate surface area is 65.8 Å². The van der Waals surface area contributed by atoms with E-state index in [-0.39, 0.29) is 0 Å². The molecule has 1 heterocycles. The molecular weight excluding hydrogens is 205 g/mol. The molecule has 0 spiro atoms. The Bertz CT molecular complexity index is 228. The van der Waals surface area contributed by atoms with E-state index in [1.54, 1.807) is 0 Å². The summed E-state index contributed by atoms with van der Waals surface area (Å²) in [4.78, 5) is 0. The maximum atomic E-state index is 10.5. The summed E-state index contributed by atoms with van der Waals surface area (Å²) in [5, 5.41) is 11.0. The van der Waals surface area contributed by atoms with Gasteiger partial charge in [0.15, 0.2) is 12.4 Å². The van der Waals surface area contributed by atoms with Crippen LogP contribution >= 0.6 is 27.5 Å². The summed E-state index contributed by atoms with van der Waals surface area (Å²) < 4.78 is 1.29. The van der Waals surface area contributed by atoms with Gasteiger partial charge >= 0.3 is 0 Å². The van der Waals surface area contributed by atoms with Gasteiger partial charge in [0, 0.05) is 6.07 Å². The van der Waals surface area contributed by atoms with Crippen molar-refractivity contribution in [2.75, 3.05) is 0 Å². The zero-order chi connectivity index (χ0) is 6.85. The van der Waals surface area contributed by atoms with Gasteiger partial charge in [0.2, 0.25) is 0 Å². The second-order valence-electron chi connectivity index (χ2n) is 1.50. The smallest absolute Gasteiger partial charge is 0.196 e. The van der Waals surface area contributed by atoms with Gasteiger partial charge in [-0.2, -0.15) is 4.73 Å². The van der Waals surface area contributed by atoms with Crippen LogP contribution in [0.2, 0.25) is 5.02 Å². The fraction of sp³-hybridized carbons (Fsp3) is 0. The second kappa shape index (κ2) is 2.54. The normalized spacial score (nSPS) is 9.56. The number of nitrogens with zero attached hydrogens (tertiary/aromatic N) is 1. The number of hydrogen-bond donors (Lipinski definition) is 0. The minimum absolute atomic E-state index is 0.544. The third-order valence-corrected chi connectivity index (χ3v) is 2.03. The van der Waals surface area contributed by atoms with Crippen LogP contribution in [-0.4, -0.2) is 0 Å². The number of hydrogen-bond acceptors (Lipinski definition) is 1. The monoisotopic (exact) mass is 207 g/mol. The van der Waals surface area contributed by atoms with Crippen molar-refractivity contribution in [1.29, 1.82) is 0 Å². The first-order chi connectivity index (χ1) is 4.20. The Morgan fingerprint density at radius 2 is 2.33 bits per heavy atom. The number of rotatable bonds is 0. The molecule has 0 aliphatic carbocycles. The minimum Gasteiger partial charge on any atom is -0.619 e. The van der Waals surface area contributed by atoms with E-state index in [1.165, 1.54) is 18.5 Å². The van der Waals surface area contributed by atoms with Gasteiger partial charge in [-0.05, 0) is 15.9 Å². The molecule has 0 amide bonds. The highest BCUT2D eigenvalue weighted by atomic mass is 79.9. The maximum Gasteiger partial charge on any atom is 0.196 e. The first-order valence-electron chi connectivity index (χ1n) is 2.24. The van der Waals surface area contributed by atoms with Crippen LogP contribution < -0.4 is 4.73 Å². The van der Waals surface area contributed by atoms with Crippen molar-refractivity contribution in [2.24, 2.45) is 0 Å². The zero-order valence-corrected chi connectivity index (χ0v) is 6.69. The molecular formula is C5H3BrClNO. The van der Waals surface area contributed by atoms with Crippen molar-refractivity contribution in [3.05, 3.63) is 33.2 Å². The van der Waals surface area contributed by atoms with Gasteiger partial charge in [0.25, 0.3) is 0 Å². The van der Waals surface area contributed by atoms with E-state index in [0.29, 0.717) is 14.2 Å². The SMILES string of the molecule is [O-][n+]1ccc(Cl)c(Br)c1.